The molecule has 33 heavy (non-hydrogen) atoms. The van der Waals surface area contributed by atoms with E-state index in [1.54, 1.807) is 67.7 Å². The van der Waals surface area contributed by atoms with E-state index in [-0.39, 0.29) is 17.7 Å². The second kappa shape index (κ2) is 9.16. The fourth-order valence-electron chi connectivity index (χ4n) is 3.89. The van der Waals surface area contributed by atoms with Crippen molar-refractivity contribution < 1.29 is 23.9 Å². The highest BCUT2D eigenvalue weighted by Gasteiger charge is 2.36. The monoisotopic (exact) mass is 444 g/mol. The van der Waals surface area contributed by atoms with Gasteiger partial charge in [0.15, 0.2) is 11.5 Å². The molecular weight excluding hydrogens is 420 g/mol. The van der Waals surface area contributed by atoms with Gasteiger partial charge >= 0.3 is 0 Å². The second-order valence-electron chi connectivity index (χ2n) is 7.55. The van der Waals surface area contributed by atoms with Gasteiger partial charge in [-0.3, -0.25) is 14.4 Å². The molecule has 3 aromatic carbocycles. The summed E-state index contributed by atoms with van der Waals surface area (Å²) in [6.07, 6.45) is 0. The van der Waals surface area contributed by atoms with Crippen molar-refractivity contribution in [1.29, 1.82) is 0 Å². The molecule has 0 atom stereocenters. The Morgan fingerprint density at radius 2 is 1.45 bits per heavy atom. The van der Waals surface area contributed by atoms with Crippen LogP contribution in [0.5, 0.6) is 11.5 Å². The van der Waals surface area contributed by atoms with Gasteiger partial charge in [0, 0.05) is 18.7 Å². The van der Waals surface area contributed by atoms with Gasteiger partial charge in [0.1, 0.15) is 0 Å². The molecule has 3 aromatic rings. The number of amides is 3. The molecular formula is C26H24N2O5. The zero-order valence-corrected chi connectivity index (χ0v) is 18.7. The van der Waals surface area contributed by atoms with E-state index in [2.05, 4.69) is 0 Å². The predicted octanol–water partition coefficient (Wildman–Crippen LogP) is 4.17. The van der Waals surface area contributed by atoms with E-state index in [0.717, 1.165) is 10.5 Å². The molecule has 0 bridgehead atoms. The normalized spacial score (nSPS) is 12.5. The van der Waals surface area contributed by atoms with Crippen LogP contribution < -0.4 is 14.4 Å². The van der Waals surface area contributed by atoms with E-state index in [0.29, 0.717) is 47.0 Å². The van der Waals surface area contributed by atoms with Gasteiger partial charge in [-0.05, 0) is 61.0 Å². The first kappa shape index (κ1) is 22.1. The minimum atomic E-state index is -0.363. The fourth-order valence-corrected chi connectivity index (χ4v) is 3.89. The molecule has 0 saturated heterocycles. The van der Waals surface area contributed by atoms with Crippen LogP contribution in [0.1, 0.15) is 43.6 Å². The number of anilines is 1. The van der Waals surface area contributed by atoms with Crippen molar-refractivity contribution in [3.63, 3.8) is 0 Å². The molecule has 0 saturated carbocycles. The van der Waals surface area contributed by atoms with Crippen LogP contribution in [0.15, 0.2) is 66.7 Å². The molecule has 0 N–H and O–H groups in total. The highest BCUT2D eigenvalue weighted by atomic mass is 16.5. The van der Waals surface area contributed by atoms with Gasteiger partial charge in [-0.25, -0.2) is 4.90 Å². The van der Waals surface area contributed by atoms with Crippen LogP contribution >= 0.6 is 0 Å². The van der Waals surface area contributed by atoms with Gasteiger partial charge < -0.3 is 14.4 Å². The van der Waals surface area contributed by atoms with Crippen LogP contribution in [0.25, 0.3) is 0 Å². The van der Waals surface area contributed by atoms with Crippen molar-refractivity contribution in [2.24, 2.45) is 0 Å². The summed E-state index contributed by atoms with van der Waals surface area (Å²) in [5.74, 6) is 0.348. The Morgan fingerprint density at radius 3 is 2.00 bits per heavy atom. The van der Waals surface area contributed by atoms with E-state index in [1.807, 2.05) is 25.1 Å². The van der Waals surface area contributed by atoms with Crippen molar-refractivity contribution in [2.75, 3.05) is 25.7 Å². The number of hydrogen-bond acceptors (Lipinski definition) is 5. The van der Waals surface area contributed by atoms with Gasteiger partial charge in [0.2, 0.25) is 0 Å². The van der Waals surface area contributed by atoms with Crippen molar-refractivity contribution in [3.8, 4) is 11.5 Å². The van der Waals surface area contributed by atoms with Gasteiger partial charge in [-0.1, -0.05) is 18.2 Å². The topological polar surface area (TPSA) is 76.2 Å². The molecule has 0 aliphatic carbocycles. The molecule has 0 radical (unpaired) electrons. The van der Waals surface area contributed by atoms with Gasteiger partial charge in [0.25, 0.3) is 17.7 Å². The molecule has 1 heterocycles. The summed E-state index contributed by atoms with van der Waals surface area (Å²) >= 11 is 0. The lowest BCUT2D eigenvalue weighted by Gasteiger charge is -2.22. The zero-order valence-electron chi connectivity index (χ0n) is 18.7. The number of rotatable bonds is 7. The number of carbonyl (C=O) groups is 3. The minimum Gasteiger partial charge on any atom is -0.493 e. The number of methoxy groups -OCH3 is 2. The lowest BCUT2D eigenvalue weighted by molar-refractivity contribution is 0.0752. The summed E-state index contributed by atoms with van der Waals surface area (Å²) in [5, 5.41) is 0. The number of imide groups is 1. The molecule has 0 fully saturated rings. The van der Waals surface area contributed by atoms with E-state index >= 15 is 0 Å². The Hall–Kier alpha value is -4.13. The number of carbonyl (C=O) groups excluding carboxylic acids is 3. The third-order valence-electron chi connectivity index (χ3n) is 5.66. The first-order chi connectivity index (χ1) is 16.0. The third-order valence-corrected chi connectivity index (χ3v) is 5.66. The van der Waals surface area contributed by atoms with Crippen LogP contribution in [0, 0.1) is 0 Å². The standard InChI is InChI=1S/C26H24N2O5/c1-4-27(16-17-9-14-22(32-2)23(15-17)33-3)24(29)18-10-12-19(13-11-18)28-25(30)20-7-5-6-8-21(20)26(28)31/h5-15H,4,16H2,1-3H3. The van der Waals surface area contributed by atoms with E-state index in [1.165, 1.54) is 0 Å². The maximum Gasteiger partial charge on any atom is 0.266 e. The highest BCUT2D eigenvalue weighted by Crippen LogP contribution is 2.30. The summed E-state index contributed by atoms with van der Waals surface area (Å²) < 4.78 is 10.6. The number of nitrogens with zero attached hydrogens (tertiary/aromatic N) is 2. The molecule has 4 rings (SSSR count). The van der Waals surface area contributed by atoms with Crippen molar-refractivity contribution in [1.82, 2.24) is 4.90 Å². The predicted molar refractivity (Wildman–Crippen MR) is 124 cm³/mol. The maximum atomic E-state index is 13.1. The van der Waals surface area contributed by atoms with Gasteiger partial charge in [0.05, 0.1) is 31.0 Å². The Morgan fingerprint density at radius 1 is 0.848 bits per heavy atom. The lowest BCUT2D eigenvalue weighted by atomic mass is 10.1. The van der Waals surface area contributed by atoms with Crippen LogP contribution in [-0.4, -0.2) is 43.4 Å². The summed E-state index contributed by atoms with van der Waals surface area (Å²) in [6, 6.07) is 18.8. The molecule has 1 aliphatic rings. The number of fused-ring (bicyclic) bond motifs is 1. The van der Waals surface area contributed by atoms with E-state index in [4.69, 9.17) is 9.47 Å². The Bertz CT molecular complexity index is 1180. The SMILES string of the molecule is CCN(Cc1ccc(OC)c(OC)c1)C(=O)c1ccc(N2C(=O)c3ccccc3C2=O)cc1. The quantitative estimate of drug-likeness (QED) is 0.512. The Labute approximate surface area is 192 Å². The number of hydrogen-bond donors (Lipinski definition) is 0. The van der Waals surface area contributed by atoms with Crippen LogP contribution in [-0.2, 0) is 6.54 Å². The molecule has 0 unspecified atom stereocenters. The van der Waals surface area contributed by atoms with Crippen molar-refractivity contribution in [3.05, 3.63) is 89.0 Å². The van der Waals surface area contributed by atoms with Crippen molar-refractivity contribution in [2.45, 2.75) is 13.5 Å². The largest absolute Gasteiger partial charge is 0.493 e. The molecule has 7 nitrogen and oxygen atoms in total. The van der Waals surface area contributed by atoms with Crippen LogP contribution in [0.4, 0.5) is 5.69 Å². The van der Waals surface area contributed by atoms with E-state index < -0.39 is 0 Å². The average Bonchev–Trinajstić information content (AvgIpc) is 3.12. The lowest BCUT2D eigenvalue weighted by Crippen LogP contribution is -2.31. The number of benzene rings is 3. The molecule has 1 aliphatic heterocycles. The van der Waals surface area contributed by atoms with Gasteiger partial charge in [-0.15, -0.1) is 0 Å². The van der Waals surface area contributed by atoms with Gasteiger partial charge in [-0.2, -0.15) is 0 Å². The highest BCUT2D eigenvalue weighted by molar-refractivity contribution is 6.34. The maximum absolute atomic E-state index is 13.1. The zero-order chi connectivity index (χ0) is 23.5. The fraction of sp³-hybridized carbons (Fsp3) is 0.192. The van der Waals surface area contributed by atoms with Crippen LogP contribution in [0.3, 0.4) is 0 Å². The third kappa shape index (κ3) is 4.05. The number of ether oxygens (including phenoxy) is 2. The summed E-state index contributed by atoms with van der Waals surface area (Å²) in [7, 11) is 3.14. The molecule has 3 amide bonds. The first-order valence-electron chi connectivity index (χ1n) is 10.6. The second-order valence-corrected chi connectivity index (χ2v) is 7.55. The first-order valence-corrected chi connectivity index (χ1v) is 10.6. The summed E-state index contributed by atoms with van der Waals surface area (Å²) in [5.41, 5.74) is 2.58. The summed E-state index contributed by atoms with van der Waals surface area (Å²) in [6.45, 7) is 2.81. The van der Waals surface area contributed by atoms with E-state index in [9.17, 15) is 14.4 Å². The van der Waals surface area contributed by atoms with Crippen LogP contribution in [0.2, 0.25) is 0 Å². The smallest absolute Gasteiger partial charge is 0.266 e. The average molecular weight is 444 g/mol. The Balaban J connectivity index is 1.52. The molecule has 7 heteroatoms. The Kier molecular flexibility index (Phi) is 6.13. The van der Waals surface area contributed by atoms with Crippen molar-refractivity contribution >= 4 is 23.4 Å². The minimum absolute atomic E-state index is 0.152. The molecule has 168 valence electrons. The molecule has 0 spiro atoms. The molecule has 0 aromatic heterocycles. The summed E-state index contributed by atoms with van der Waals surface area (Å²) in [4.78, 5) is 41.4.